The molecule has 2 nitrogen and oxygen atoms in total. The zero-order chi connectivity index (χ0) is 44.3. The first-order valence-electron chi connectivity index (χ1n) is 22.8. The van der Waals surface area contributed by atoms with Crippen LogP contribution in [0, 0.1) is 0 Å². The van der Waals surface area contributed by atoms with E-state index in [-0.39, 0.29) is 0 Å². The summed E-state index contributed by atoms with van der Waals surface area (Å²) in [6, 6.07) is 90.1. The van der Waals surface area contributed by atoms with Crippen molar-refractivity contribution in [1.82, 2.24) is 0 Å². The number of nitrogens with zero attached hydrogens (tertiary/aromatic N) is 1. The van der Waals surface area contributed by atoms with Gasteiger partial charge in [0, 0.05) is 42.5 Å². The molecule has 13 rings (SSSR count). The van der Waals surface area contributed by atoms with Crippen LogP contribution in [0.15, 0.2) is 253 Å². The van der Waals surface area contributed by atoms with Crippen LogP contribution in [-0.2, 0) is 0 Å². The normalized spacial score (nSPS) is 11.6. The number of hydrogen-bond acceptors (Lipinski definition) is 3. The Balaban J connectivity index is 0.971. The third-order valence-corrected chi connectivity index (χ3v) is 14.4. The Bertz CT molecular complexity index is 3950. The number of furan rings is 1. The van der Waals surface area contributed by atoms with Crippen molar-refractivity contribution in [3.8, 4) is 55.6 Å². The van der Waals surface area contributed by atoms with Crippen molar-refractivity contribution in [2.75, 3.05) is 4.90 Å². The molecule has 0 amide bonds. The first-order chi connectivity index (χ1) is 33.2. The molecule has 0 fully saturated rings. The second-order valence-electron chi connectivity index (χ2n) is 17.3. The van der Waals surface area contributed by atoms with E-state index in [1.54, 1.807) is 0 Å². The third-order valence-electron chi connectivity index (χ3n) is 13.3. The fourth-order valence-electron chi connectivity index (χ4n) is 9.87. The van der Waals surface area contributed by atoms with Crippen molar-refractivity contribution < 1.29 is 4.42 Å². The first-order valence-corrected chi connectivity index (χ1v) is 23.6. The van der Waals surface area contributed by atoms with E-state index in [1.807, 2.05) is 11.3 Å². The molecule has 0 atom stereocenters. The molecule has 0 N–H and O–H groups in total. The van der Waals surface area contributed by atoms with Crippen molar-refractivity contribution in [3.05, 3.63) is 249 Å². The highest BCUT2D eigenvalue weighted by molar-refractivity contribution is 7.25. The van der Waals surface area contributed by atoms with Crippen molar-refractivity contribution in [1.29, 1.82) is 0 Å². The quantitative estimate of drug-likeness (QED) is 0.151. The van der Waals surface area contributed by atoms with Crippen LogP contribution in [0.2, 0.25) is 0 Å². The van der Waals surface area contributed by atoms with Crippen molar-refractivity contribution in [2.45, 2.75) is 0 Å². The van der Waals surface area contributed by atoms with Gasteiger partial charge in [-0.15, -0.1) is 11.3 Å². The van der Waals surface area contributed by atoms with Crippen LogP contribution >= 0.6 is 11.3 Å². The maximum absolute atomic E-state index is 7.04. The van der Waals surface area contributed by atoms with E-state index in [0.717, 1.165) is 66.8 Å². The van der Waals surface area contributed by atoms with Crippen LogP contribution in [0.25, 0.3) is 109 Å². The molecule has 3 heteroatoms. The topological polar surface area (TPSA) is 16.4 Å². The van der Waals surface area contributed by atoms with Crippen molar-refractivity contribution >= 4 is 81.3 Å². The molecule has 0 spiro atoms. The standard InChI is InChI=1S/C64H41NOS/c1-4-12-42(13-5-1)51-29-34-57-60(39-51)66-64-55(48-17-8-3-9-18-48)35-36-59(63(57)64)65(54-32-37-61-58(41-54)56-33-28-52(40-62(56)67-61)43-14-6-2-7-15-43)53-30-26-46(27-31-53)45-20-22-47(23-21-45)50-25-24-44-16-10-11-19-49(44)38-50/h1-41H. The summed E-state index contributed by atoms with van der Waals surface area (Å²) in [7, 11) is 0. The average Bonchev–Trinajstić information content (AvgIpc) is 3.98. The van der Waals surface area contributed by atoms with Gasteiger partial charge < -0.3 is 9.32 Å². The smallest absolute Gasteiger partial charge is 0.145 e. The van der Waals surface area contributed by atoms with Gasteiger partial charge in [-0.2, -0.15) is 0 Å². The number of fused-ring (bicyclic) bond motifs is 7. The number of hydrogen-bond donors (Lipinski definition) is 0. The Morgan fingerprint density at radius 2 is 0.836 bits per heavy atom. The first kappa shape index (κ1) is 38.9. The molecule has 0 bridgehead atoms. The zero-order valence-electron chi connectivity index (χ0n) is 36.4. The molecule has 0 unspecified atom stereocenters. The molecule has 67 heavy (non-hydrogen) atoms. The van der Waals surface area contributed by atoms with Gasteiger partial charge in [0.05, 0.1) is 11.1 Å². The van der Waals surface area contributed by atoms with E-state index in [4.69, 9.17) is 4.42 Å². The van der Waals surface area contributed by atoms with E-state index in [9.17, 15) is 0 Å². The van der Waals surface area contributed by atoms with E-state index < -0.39 is 0 Å². The van der Waals surface area contributed by atoms with E-state index >= 15 is 0 Å². The lowest BCUT2D eigenvalue weighted by Crippen LogP contribution is -2.10. The summed E-state index contributed by atoms with van der Waals surface area (Å²) in [4.78, 5) is 2.42. The average molecular weight is 872 g/mol. The van der Waals surface area contributed by atoms with Gasteiger partial charge in [0.25, 0.3) is 0 Å². The largest absolute Gasteiger partial charge is 0.455 e. The molecule has 0 aliphatic carbocycles. The fourth-order valence-corrected chi connectivity index (χ4v) is 11.0. The van der Waals surface area contributed by atoms with E-state index in [2.05, 4.69) is 254 Å². The summed E-state index contributed by atoms with van der Waals surface area (Å²) in [5.41, 5.74) is 16.6. The molecule has 0 saturated carbocycles. The Labute approximate surface area is 392 Å². The maximum Gasteiger partial charge on any atom is 0.145 e. The third kappa shape index (κ3) is 6.96. The molecule has 0 radical (unpaired) electrons. The van der Waals surface area contributed by atoms with Crippen LogP contribution < -0.4 is 4.90 Å². The van der Waals surface area contributed by atoms with Gasteiger partial charge >= 0.3 is 0 Å². The van der Waals surface area contributed by atoms with Gasteiger partial charge in [0.15, 0.2) is 0 Å². The molecule has 0 saturated heterocycles. The highest BCUT2D eigenvalue weighted by Gasteiger charge is 2.23. The Morgan fingerprint density at radius 3 is 1.54 bits per heavy atom. The van der Waals surface area contributed by atoms with Crippen LogP contribution in [0.5, 0.6) is 0 Å². The monoisotopic (exact) mass is 871 g/mol. The number of rotatable bonds is 8. The molecule has 2 aromatic heterocycles. The van der Waals surface area contributed by atoms with Crippen LogP contribution in [0.4, 0.5) is 17.1 Å². The Morgan fingerprint density at radius 1 is 0.313 bits per heavy atom. The fraction of sp³-hybridized carbons (Fsp3) is 0. The Hall–Kier alpha value is -8.50. The van der Waals surface area contributed by atoms with Gasteiger partial charge in [0.2, 0.25) is 0 Å². The molecule has 0 aliphatic heterocycles. The number of anilines is 3. The minimum Gasteiger partial charge on any atom is -0.455 e. The highest BCUT2D eigenvalue weighted by Crippen LogP contribution is 2.48. The van der Waals surface area contributed by atoms with Gasteiger partial charge in [-0.3, -0.25) is 0 Å². The Kier molecular flexibility index (Phi) is 9.40. The molecule has 13 aromatic rings. The van der Waals surface area contributed by atoms with Crippen LogP contribution in [-0.4, -0.2) is 0 Å². The molecular weight excluding hydrogens is 831 g/mol. The lowest BCUT2D eigenvalue weighted by atomic mass is 9.97. The summed E-state index contributed by atoms with van der Waals surface area (Å²) in [5.74, 6) is 0. The van der Waals surface area contributed by atoms with Crippen LogP contribution in [0.3, 0.4) is 0 Å². The van der Waals surface area contributed by atoms with Gasteiger partial charge in [-0.25, -0.2) is 0 Å². The minimum absolute atomic E-state index is 0.858. The maximum atomic E-state index is 7.04. The highest BCUT2D eigenvalue weighted by atomic mass is 32.1. The predicted octanol–water partition coefficient (Wildman–Crippen LogP) is 18.9. The number of benzene rings is 11. The van der Waals surface area contributed by atoms with Gasteiger partial charge in [-0.05, 0) is 128 Å². The predicted molar refractivity (Wildman–Crippen MR) is 286 cm³/mol. The minimum atomic E-state index is 0.858. The zero-order valence-corrected chi connectivity index (χ0v) is 37.3. The lowest BCUT2D eigenvalue weighted by molar-refractivity contribution is 0.670. The van der Waals surface area contributed by atoms with Crippen molar-refractivity contribution in [3.63, 3.8) is 0 Å². The second kappa shape index (κ2) is 16.2. The molecule has 0 aliphatic rings. The van der Waals surface area contributed by atoms with E-state index in [0.29, 0.717) is 0 Å². The van der Waals surface area contributed by atoms with Crippen molar-refractivity contribution in [2.24, 2.45) is 0 Å². The summed E-state index contributed by atoms with van der Waals surface area (Å²) < 4.78 is 9.58. The lowest BCUT2D eigenvalue weighted by Gasteiger charge is -2.27. The van der Waals surface area contributed by atoms with E-state index in [1.165, 1.54) is 58.8 Å². The summed E-state index contributed by atoms with van der Waals surface area (Å²) >= 11 is 1.85. The summed E-state index contributed by atoms with van der Waals surface area (Å²) in [5, 5.41) is 7.16. The molecular formula is C64H41NOS. The van der Waals surface area contributed by atoms with Gasteiger partial charge in [-0.1, -0.05) is 182 Å². The SMILES string of the molecule is c1ccc(-c2ccc3c(c2)oc2c(-c4ccccc4)ccc(N(c4ccc(-c5ccc(-c6ccc7ccccc7c6)cc5)cc4)c4ccc5sc6cc(-c7ccccc7)ccc6c5c4)c23)cc1. The summed E-state index contributed by atoms with van der Waals surface area (Å²) in [6.07, 6.45) is 0. The molecule has 2 heterocycles. The number of thiophene rings is 1. The van der Waals surface area contributed by atoms with Crippen LogP contribution in [0.1, 0.15) is 0 Å². The summed E-state index contributed by atoms with van der Waals surface area (Å²) in [6.45, 7) is 0. The second-order valence-corrected chi connectivity index (χ2v) is 18.3. The molecule has 314 valence electrons. The molecule has 11 aromatic carbocycles. The van der Waals surface area contributed by atoms with Gasteiger partial charge in [0.1, 0.15) is 11.2 Å².